The van der Waals surface area contributed by atoms with Gasteiger partial charge in [-0.15, -0.1) is 0 Å². The van der Waals surface area contributed by atoms with Gasteiger partial charge in [-0.2, -0.15) is 8.42 Å². The van der Waals surface area contributed by atoms with Crippen LogP contribution in [0, 0.1) is 6.92 Å². The van der Waals surface area contributed by atoms with Crippen molar-refractivity contribution < 1.29 is 32.0 Å². The minimum Gasteiger partial charge on any atom is -0.480 e. The van der Waals surface area contributed by atoms with E-state index in [1.54, 1.807) is 32.9 Å². The molecule has 0 saturated heterocycles. The Bertz CT molecular complexity index is 720. The highest BCUT2D eigenvalue weighted by atomic mass is 32.2. The van der Waals surface area contributed by atoms with Crippen LogP contribution in [0.15, 0.2) is 29.2 Å². The molecule has 1 aromatic rings. The number of hydrogen-bond donors (Lipinski definition) is 2. The third-order valence-electron chi connectivity index (χ3n) is 3.17. The van der Waals surface area contributed by atoms with Gasteiger partial charge in [0.25, 0.3) is 10.1 Å². The smallest absolute Gasteiger partial charge is 0.408 e. The van der Waals surface area contributed by atoms with Gasteiger partial charge in [0.15, 0.2) is 0 Å². The lowest BCUT2D eigenvalue weighted by atomic mass is 10.1. The first kappa shape index (κ1) is 21.9. The van der Waals surface area contributed by atoms with E-state index in [4.69, 9.17) is 14.0 Å². The molecule has 146 valence electrons. The van der Waals surface area contributed by atoms with Crippen LogP contribution in [0.2, 0.25) is 0 Å². The molecule has 0 aliphatic heterocycles. The van der Waals surface area contributed by atoms with Gasteiger partial charge in [-0.25, -0.2) is 9.59 Å². The van der Waals surface area contributed by atoms with Gasteiger partial charge in [0, 0.05) is 0 Å². The van der Waals surface area contributed by atoms with Crippen molar-refractivity contribution in [3.8, 4) is 0 Å². The highest BCUT2D eigenvalue weighted by molar-refractivity contribution is 7.86. The molecule has 1 atom stereocenters. The lowest BCUT2D eigenvalue weighted by Crippen LogP contribution is -2.43. The third-order valence-corrected chi connectivity index (χ3v) is 4.50. The molecule has 1 unspecified atom stereocenters. The van der Waals surface area contributed by atoms with Crippen molar-refractivity contribution in [2.75, 3.05) is 6.61 Å². The van der Waals surface area contributed by atoms with Crippen molar-refractivity contribution in [1.29, 1.82) is 0 Å². The fourth-order valence-electron chi connectivity index (χ4n) is 1.94. The number of carbonyl (C=O) groups is 2. The Hall–Kier alpha value is -2.13. The summed E-state index contributed by atoms with van der Waals surface area (Å²) in [5.74, 6) is -1.24. The zero-order valence-corrected chi connectivity index (χ0v) is 16.1. The topological polar surface area (TPSA) is 119 Å². The molecule has 0 aliphatic carbocycles. The van der Waals surface area contributed by atoms with Crippen LogP contribution in [0.1, 0.15) is 39.2 Å². The summed E-state index contributed by atoms with van der Waals surface area (Å²) in [6.07, 6.45) is -0.728. The minimum atomic E-state index is -3.90. The molecule has 0 bridgehead atoms. The molecule has 0 radical (unpaired) electrons. The predicted octanol–water partition coefficient (Wildman–Crippen LogP) is 2.46. The van der Waals surface area contributed by atoms with Crippen LogP contribution < -0.4 is 5.32 Å². The number of nitrogens with one attached hydrogen (secondary N) is 1. The SMILES string of the molecule is Cc1ccc(S(=O)(=O)OCCCC(NC(=O)OC(C)(C)C)C(=O)O)cc1. The number of benzene rings is 1. The van der Waals surface area contributed by atoms with Gasteiger partial charge in [0.1, 0.15) is 11.6 Å². The number of rotatable bonds is 8. The van der Waals surface area contributed by atoms with Crippen molar-refractivity contribution in [1.82, 2.24) is 5.32 Å². The number of hydrogen-bond acceptors (Lipinski definition) is 6. The zero-order valence-electron chi connectivity index (χ0n) is 15.3. The van der Waals surface area contributed by atoms with Gasteiger partial charge in [-0.05, 0) is 52.7 Å². The number of amides is 1. The third kappa shape index (κ3) is 7.83. The van der Waals surface area contributed by atoms with Gasteiger partial charge in [-0.1, -0.05) is 17.7 Å². The lowest BCUT2D eigenvalue weighted by molar-refractivity contribution is -0.139. The highest BCUT2D eigenvalue weighted by Gasteiger charge is 2.24. The Labute approximate surface area is 153 Å². The Morgan fingerprint density at radius 1 is 1.19 bits per heavy atom. The molecule has 0 aliphatic rings. The molecule has 2 N–H and O–H groups in total. The standard InChI is InChI=1S/C17H25NO7S/c1-12-7-9-13(10-8-12)26(22,23)24-11-5-6-14(15(19)20)18-16(21)25-17(2,3)4/h7-10,14H,5-6,11H2,1-4H3,(H,18,21)(H,19,20). The van der Waals surface area contributed by atoms with Gasteiger partial charge >= 0.3 is 12.1 Å². The summed E-state index contributed by atoms with van der Waals surface area (Å²) in [4.78, 5) is 22.9. The van der Waals surface area contributed by atoms with Crippen molar-refractivity contribution in [2.45, 2.75) is 57.1 Å². The predicted molar refractivity (Wildman–Crippen MR) is 94.3 cm³/mol. The van der Waals surface area contributed by atoms with Crippen LogP contribution in [0.25, 0.3) is 0 Å². The maximum absolute atomic E-state index is 12.0. The summed E-state index contributed by atoms with van der Waals surface area (Å²) in [6, 6.07) is 4.99. The van der Waals surface area contributed by atoms with Crippen LogP contribution >= 0.6 is 0 Å². The molecule has 9 heteroatoms. The number of carboxylic acids is 1. The number of carbonyl (C=O) groups excluding carboxylic acids is 1. The van der Waals surface area contributed by atoms with E-state index >= 15 is 0 Å². The second kappa shape index (κ2) is 9.00. The monoisotopic (exact) mass is 387 g/mol. The summed E-state index contributed by atoms with van der Waals surface area (Å²) in [5.41, 5.74) is 0.166. The van der Waals surface area contributed by atoms with Crippen LogP contribution in [-0.2, 0) is 23.8 Å². The Balaban J connectivity index is 2.51. The summed E-state index contributed by atoms with van der Waals surface area (Å²) >= 11 is 0. The normalized spacial score (nSPS) is 13.1. The van der Waals surface area contributed by atoms with E-state index in [9.17, 15) is 18.0 Å². The van der Waals surface area contributed by atoms with Gasteiger partial charge < -0.3 is 15.2 Å². The van der Waals surface area contributed by atoms with Crippen LogP contribution in [0.3, 0.4) is 0 Å². The molecular formula is C17H25NO7S. The van der Waals surface area contributed by atoms with E-state index in [-0.39, 0.29) is 24.3 Å². The average Bonchev–Trinajstić information content (AvgIpc) is 2.48. The fourth-order valence-corrected chi connectivity index (χ4v) is 2.88. The molecule has 0 saturated carbocycles. The number of carboxylic acid groups (broad SMARTS) is 1. The minimum absolute atomic E-state index is 0.00199. The molecule has 0 spiro atoms. The number of aliphatic carboxylic acids is 1. The first-order chi connectivity index (χ1) is 11.9. The van der Waals surface area contributed by atoms with Gasteiger partial charge in [0.2, 0.25) is 0 Å². The average molecular weight is 387 g/mol. The molecule has 26 heavy (non-hydrogen) atoms. The van der Waals surface area contributed by atoms with E-state index in [1.807, 2.05) is 6.92 Å². The van der Waals surface area contributed by atoms with E-state index < -0.39 is 33.8 Å². The van der Waals surface area contributed by atoms with Crippen LogP contribution in [0.5, 0.6) is 0 Å². The van der Waals surface area contributed by atoms with Crippen LogP contribution in [-0.4, -0.2) is 43.8 Å². The highest BCUT2D eigenvalue weighted by Crippen LogP contribution is 2.14. The second-order valence-electron chi connectivity index (χ2n) is 6.77. The molecule has 1 rings (SSSR count). The summed E-state index contributed by atoms with van der Waals surface area (Å²) < 4.78 is 34.0. The maximum Gasteiger partial charge on any atom is 0.408 e. The molecule has 0 fully saturated rings. The maximum atomic E-state index is 12.0. The largest absolute Gasteiger partial charge is 0.480 e. The Kier molecular flexibility index (Phi) is 7.58. The number of aryl methyl sites for hydroxylation is 1. The fraction of sp³-hybridized carbons (Fsp3) is 0.529. The first-order valence-electron chi connectivity index (χ1n) is 8.09. The van der Waals surface area contributed by atoms with E-state index in [0.717, 1.165) is 5.56 Å². The van der Waals surface area contributed by atoms with E-state index in [1.165, 1.54) is 12.1 Å². The number of alkyl carbamates (subject to hydrolysis) is 1. The number of ether oxygens (including phenoxy) is 1. The quantitative estimate of drug-likeness (QED) is 0.519. The Morgan fingerprint density at radius 2 is 1.77 bits per heavy atom. The molecule has 0 aromatic heterocycles. The molecular weight excluding hydrogens is 362 g/mol. The first-order valence-corrected chi connectivity index (χ1v) is 9.50. The Morgan fingerprint density at radius 3 is 2.27 bits per heavy atom. The molecule has 1 aromatic carbocycles. The summed E-state index contributed by atoms with van der Waals surface area (Å²) in [7, 11) is -3.90. The van der Waals surface area contributed by atoms with E-state index in [0.29, 0.717) is 0 Å². The molecule has 1 amide bonds. The van der Waals surface area contributed by atoms with Crippen LogP contribution in [0.4, 0.5) is 4.79 Å². The lowest BCUT2D eigenvalue weighted by Gasteiger charge is -2.22. The van der Waals surface area contributed by atoms with Crippen molar-refractivity contribution in [2.24, 2.45) is 0 Å². The van der Waals surface area contributed by atoms with Crippen molar-refractivity contribution in [3.63, 3.8) is 0 Å². The van der Waals surface area contributed by atoms with Crippen molar-refractivity contribution in [3.05, 3.63) is 29.8 Å². The zero-order chi connectivity index (χ0) is 20.0. The van der Waals surface area contributed by atoms with Gasteiger partial charge in [-0.3, -0.25) is 4.18 Å². The van der Waals surface area contributed by atoms with Crippen molar-refractivity contribution >= 4 is 22.2 Å². The summed E-state index contributed by atoms with van der Waals surface area (Å²) in [6.45, 7) is 6.61. The van der Waals surface area contributed by atoms with Gasteiger partial charge in [0.05, 0.1) is 11.5 Å². The molecule has 8 nitrogen and oxygen atoms in total. The molecule has 0 heterocycles. The second-order valence-corrected chi connectivity index (χ2v) is 8.38. The van der Waals surface area contributed by atoms with E-state index in [2.05, 4.69) is 5.32 Å². The summed E-state index contributed by atoms with van der Waals surface area (Å²) in [5, 5.41) is 11.4.